The Balaban J connectivity index is 1.70. The van der Waals surface area contributed by atoms with Gasteiger partial charge in [0.2, 0.25) is 15.7 Å². The number of sulfone groups is 1. The summed E-state index contributed by atoms with van der Waals surface area (Å²) in [6.07, 6.45) is 3.51. The number of aromatic nitrogens is 2. The van der Waals surface area contributed by atoms with Gasteiger partial charge < -0.3 is 9.73 Å². The monoisotopic (exact) mass is 389 g/mol. The largest absolute Gasteiger partial charge is 0.413 e. The quantitative estimate of drug-likeness (QED) is 0.695. The summed E-state index contributed by atoms with van der Waals surface area (Å²) in [5, 5.41) is 9.41. The highest BCUT2D eigenvalue weighted by Gasteiger charge is 2.16. The minimum Gasteiger partial charge on any atom is -0.413 e. The van der Waals surface area contributed by atoms with Crippen LogP contribution < -0.4 is 5.32 Å². The van der Waals surface area contributed by atoms with Crippen molar-refractivity contribution >= 4 is 27.3 Å². The molecule has 1 amide bonds. The Kier molecular flexibility index (Phi) is 6.49. The molecule has 0 aliphatic heterocycles. The molecule has 0 radical (unpaired) electrons. The number of amides is 1. The molecule has 1 N–H and O–H groups in total. The van der Waals surface area contributed by atoms with Gasteiger partial charge in [0.25, 0.3) is 5.91 Å². The lowest BCUT2D eigenvalue weighted by Crippen LogP contribution is -2.25. The lowest BCUT2D eigenvalue weighted by molar-refractivity contribution is 0.0949. The van der Waals surface area contributed by atoms with E-state index in [9.17, 15) is 17.6 Å². The van der Waals surface area contributed by atoms with Gasteiger partial charge in [-0.1, -0.05) is 29.2 Å². The Morgan fingerprint density at radius 3 is 2.68 bits per heavy atom. The third-order valence-corrected chi connectivity index (χ3v) is 4.42. The third kappa shape index (κ3) is 5.50. The molecule has 7 nitrogen and oxygen atoms in total. The number of carbonyl (C=O) groups is 1. The summed E-state index contributed by atoms with van der Waals surface area (Å²) in [5.41, 5.74) is -0.164. The number of unbranched alkanes of at least 4 members (excludes halogenated alkanes) is 2. The van der Waals surface area contributed by atoms with Gasteiger partial charge in [-0.3, -0.25) is 4.79 Å². The van der Waals surface area contributed by atoms with Crippen LogP contribution in [0.2, 0.25) is 5.02 Å². The van der Waals surface area contributed by atoms with E-state index in [4.69, 9.17) is 16.0 Å². The summed E-state index contributed by atoms with van der Waals surface area (Å²) < 4.78 is 41.1. The third-order valence-electron chi connectivity index (χ3n) is 3.31. The van der Waals surface area contributed by atoms with Gasteiger partial charge in [0.1, 0.15) is 5.82 Å². The number of aryl methyl sites for hydroxylation is 1. The maximum absolute atomic E-state index is 13.6. The Labute approximate surface area is 149 Å². The lowest BCUT2D eigenvalue weighted by Gasteiger charge is -2.07. The Hall–Kier alpha value is -2.00. The Bertz CT molecular complexity index is 834. The van der Waals surface area contributed by atoms with E-state index < -0.39 is 26.8 Å². The van der Waals surface area contributed by atoms with Crippen LogP contribution in [0.4, 0.5) is 4.39 Å². The van der Waals surface area contributed by atoms with Gasteiger partial charge in [-0.25, -0.2) is 12.8 Å². The van der Waals surface area contributed by atoms with Crippen LogP contribution >= 0.6 is 11.6 Å². The molecule has 1 aromatic heterocycles. The van der Waals surface area contributed by atoms with Gasteiger partial charge in [0, 0.05) is 19.2 Å². The first-order valence-electron chi connectivity index (χ1n) is 7.53. The zero-order valence-electron chi connectivity index (χ0n) is 13.5. The predicted molar refractivity (Wildman–Crippen MR) is 88.7 cm³/mol. The number of nitrogens with zero attached hydrogens (tertiary/aromatic N) is 2. The van der Waals surface area contributed by atoms with Gasteiger partial charge in [-0.05, 0) is 25.0 Å². The van der Waals surface area contributed by atoms with E-state index >= 15 is 0 Å². The van der Waals surface area contributed by atoms with E-state index in [0.717, 1.165) is 12.7 Å². The fraction of sp³-hybridized carbons (Fsp3) is 0.400. The summed E-state index contributed by atoms with van der Waals surface area (Å²) in [6.45, 7) is 0.363. The van der Waals surface area contributed by atoms with Crippen molar-refractivity contribution in [1.29, 1.82) is 0 Å². The predicted octanol–water partition coefficient (Wildman–Crippen LogP) is 2.41. The zero-order chi connectivity index (χ0) is 18.4. The standard InChI is InChI=1S/C15H17ClFN3O4S/c1-25(22,23)15-20-19-12(24-15)8-3-2-4-9-18-14(21)13-10(16)6-5-7-11(13)17/h5-7H,2-4,8-9H2,1H3,(H,18,21). The molecule has 0 saturated heterocycles. The van der Waals surface area contributed by atoms with Crippen molar-refractivity contribution in [2.45, 2.75) is 30.9 Å². The zero-order valence-corrected chi connectivity index (χ0v) is 15.0. The SMILES string of the molecule is CS(=O)(=O)c1nnc(CCCCCNC(=O)c2c(F)cccc2Cl)o1. The molecule has 0 fully saturated rings. The van der Waals surface area contributed by atoms with Gasteiger partial charge in [-0.15, -0.1) is 5.10 Å². The van der Waals surface area contributed by atoms with E-state index in [1.807, 2.05) is 0 Å². The molecular weight excluding hydrogens is 373 g/mol. The highest BCUT2D eigenvalue weighted by atomic mass is 35.5. The molecule has 136 valence electrons. The maximum atomic E-state index is 13.6. The van der Waals surface area contributed by atoms with E-state index in [0.29, 0.717) is 25.8 Å². The van der Waals surface area contributed by atoms with Crippen molar-refractivity contribution in [2.75, 3.05) is 12.8 Å². The summed E-state index contributed by atoms with van der Waals surface area (Å²) in [6, 6.07) is 4.06. The highest BCUT2D eigenvalue weighted by Crippen LogP contribution is 2.18. The van der Waals surface area contributed by atoms with Gasteiger partial charge in [0.05, 0.1) is 10.6 Å². The molecule has 10 heteroatoms. The van der Waals surface area contributed by atoms with Crippen LogP contribution in [0.1, 0.15) is 35.5 Å². The number of halogens is 2. The van der Waals surface area contributed by atoms with Gasteiger partial charge in [-0.2, -0.15) is 0 Å². The van der Waals surface area contributed by atoms with Gasteiger partial charge in [0.15, 0.2) is 0 Å². The van der Waals surface area contributed by atoms with Crippen LogP contribution in [0.15, 0.2) is 27.8 Å². The van der Waals surface area contributed by atoms with E-state index in [-0.39, 0.29) is 16.5 Å². The van der Waals surface area contributed by atoms with Gasteiger partial charge >= 0.3 is 5.22 Å². The first-order chi connectivity index (χ1) is 11.8. The summed E-state index contributed by atoms with van der Waals surface area (Å²) in [5.74, 6) is -0.969. The van der Waals surface area contributed by atoms with Crippen LogP contribution in [-0.4, -0.2) is 37.3 Å². The van der Waals surface area contributed by atoms with Crippen molar-refractivity contribution in [3.63, 3.8) is 0 Å². The minimum absolute atomic E-state index is 0.0653. The van der Waals surface area contributed by atoms with E-state index in [1.54, 1.807) is 0 Å². The molecule has 0 aliphatic rings. The second-order valence-corrected chi connectivity index (χ2v) is 7.70. The van der Waals surface area contributed by atoms with Crippen molar-refractivity contribution in [1.82, 2.24) is 15.5 Å². The number of hydrogen-bond donors (Lipinski definition) is 1. The van der Waals surface area contributed by atoms with Crippen LogP contribution in [0.5, 0.6) is 0 Å². The second kappa shape index (κ2) is 8.39. The molecule has 1 heterocycles. The molecule has 2 rings (SSSR count). The lowest BCUT2D eigenvalue weighted by atomic mass is 10.1. The van der Waals surface area contributed by atoms with Crippen molar-refractivity contribution in [3.05, 3.63) is 40.5 Å². The topological polar surface area (TPSA) is 102 Å². The van der Waals surface area contributed by atoms with Crippen molar-refractivity contribution in [3.8, 4) is 0 Å². The molecular formula is C15H17ClFN3O4S. The van der Waals surface area contributed by atoms with Crippen molar-refractivity contribution < 1.29 is 22.0 Å². The number of nitrogens with one attached hydrogen (secondary N) is 1. The molecule has 0 saturated carbocycles. The first kappa shape index (κ1) is 19.3. The molecule has 0 aliphatic carbocycles. The number of carbonyl (C=O) groups excluding carboxylic acids is 1. The first-order valence-corrected chi connectivity index (χ1v) is 9.80. The van der Waals surface area contributed by atoms with Crippen LogP contribution in [0.25, 0.3) is 0 Å². The molecule has 25 heavy (non-hydrogen) atoms. The van der Waals surface area contributed by atoms with Crippen LogP contribution in [0, 0.1) is 5.82 Å². The highest BCUT2D eigenvalue weighted by molar-refractivity contribution is 7.90. The fourth-order valence-electron chi connectivity index (χ4n) is 2.07. The summed E-state index contributed by atoms with van der Waals surface area (Å²) in [7, 11) is -3.49. The molecule has 0 atom stereocenters. The van der Waals surface area contributed by atoms with E-state index in [2.05, 4.69) is 15.5 Å². The molecule has 1 aromatic carbocycles. The average molecular weight is 390 g/mol. The molecule has 0 unspecified atom stereocenters. The van der Waals surface area contributed by atoms with Crippen molar-refractivity contribution in [2.24, 2.45) is 0 Å². The second-order valence-electron chi connectivity index (χ2n) is 5.40. The Morgan fingerprint density at radius 1 is 1.28 bits per heavy atom. The summed E-state index contributed by atoms with van der Waals surface area (Å²) >= 11 is 5.82. The average Bonchev–Trinajstić information content (AvgIpc) is 2.99. The fourth-order valence-corrected chi connectivity index (χ4v) is 2.76. The number of hydrogen-bond acceptors (Lipinski definition) is 6. The summed E-state index contributed by atoms with van der Waals surface area (Å²) in [4.78, 5) is 11.9. The molecule has 0 spiro atoms. The normalized spacial score (nSPS) is 11.5. The number of rotatable bonds is 8. The number of benzene rings is 1. The molecule has 0 bridgehead atoms. The van der Waals surface area contributed by atoms with E-state index in [1.165, 1.54) is 18.2 Å². The minimum atomic E-state index is -3.49. The van der Waals surface area contributed by atoms with Crippen LogP contribution in [-0.2, 0) is 16.3 Å². The maximum Gasteiger partial charge on any atom is 0.335 e. The molecule has 2 aromatic rings. The van der Waals surface area contributed by atoms with Crippen LogP contribution in [0.3, 0.4) is 0 Å². The smallest absolute Gasteiger partial charge is 0.335 e. The Morgan fingerprint density at radius 2 is 2.04 bits per heavy atom.